The van der Waals surface area contributed by atoms with Crippen molar-refractivity contribution < 1.29 is 8.42 Å². The fourth-order valence-electron chi connectivity index (χ4n) is 2.54. The normalized spacial score (nSPS) is 24.1. The highest BCUT2D eigenvalue weighted by atomic mass is 32.2. The third-order valence-corrected chi connectivity index (χ3v) is 4.69. The fourth-order valence-corrected chi connectivity index (χ4v) is 3.21. The third-order valence-electron chi connectivity index (χ3n) is 3.58. The molecule has 0 heterocycles. The zero-order valence-corrected chi connectivity index (χ0v) is 11.4. The van der Waals surface area contributed by atoms with Gasteiger partial charge in [-0.1, -0.05) is 12.5 Å². The Labute approximate surface area is 108 Å². The second-order valence-electron chi connectivity index (χ2n) is 4.98. The van der Waals surface area contributed by atoms with Crippen molar-refractivity contribution in [2.75, 3.05) is 18.1 Å². The van der Waals surface area contributed by atoms with Gasteiger partial charge in [-0.25, -0.2) is 8.42 Å². The average Bonchev–Trinajstić information content (AvgIpc) is 2.75. The minimum Gasteiger partial charge on any atom is -0.382 e. The summed E-state index contributed by atoms with van der Waals surface area (Å²) in [7, 11) is -3.14. The Morgan fingerprint density at radius 3 is 2.83 bits per heavy atom. The van der Waals surface area contributed by atoms with E-state index in [9.17, 15) is 8.42 Å². The quantitative estimate of drug-likeness (QED) is 0.870. The lowest BCUT2D eigenvalue weighted by molar-refractivity contribution is 0.516. The van der Waals surface area contributed by atoms with Gasteiger partial charge in [0.15, 0.2) is 9.84 Å². The van der Waals surface area contributed by atoms with Crippen LogP contribution in [0.5, 0.6) is 0 Å². The van der Waals surface area contributed by atoms with E-state index < -0.39 is 9.84 Å². The van der Waals surface area contributed by atoms with E-state index in [0.29, 0.717) is 23.4 Å². The SMILES string of the molecule is CS(=O)(=O)c1cccc(NC2CCCC2CN)c1. The zero-order chi connectivity index (χ0) is 13.2. The van der Waals surface area contributed by atoms with E-state index in [4.69, 9.17) is 5.73 Å². The van der Waals surface area contributed by atoms with Gasteiger partial charge in [0.25, 0.3) is 0 Å². The minimum atomic E-state index is -3.14. The van der Waals surface area contributed by atoms with E-state index in [-0.39, 0.29) is 0 Å². The van der Waals surface area contributed by atoms with Crippen LogP contribution in [-0.4, -0.2) is 27.3 Å². The minimum absolute atomic E-state index is 0.356. The maximum absolute atomic E-state index is 11.5. The first-order chi connectivity index (χ1) is 8.50. The van der Waals surface area contributed by atoms with Crippen LogP contribution in [0.15, 0.2) is 29.2 Å². The molecule has 0 saturated heterocycles. The Hall–Kier alpha value is -1.07. The second kappa shape index (κ2) is 5.28. The van der Waals surface area contributed by atoms with Crippen molar-refractivity contribution in [2.24, 2.45) is 11.7 Å². The number of nitrogens with two attached hydrogens (primary N) is 1. The molecule has 5 heteroatoms. The lowest BCUT2D eigenvalue weighted by Crippen LogP contribution is -2.29. The highest BCUT2D eigenvalue weighted by Crippen LogP contribution is 2.28. The van der Waals surface area contributed by atoms with Gasteiger partial charge >= 0.3 is 0 Å². The Balaban J connectivity index is 2.15. The second-order valence-corrected chi connectivity index (χ2v) is 6.99. The molecule has 0 aromatic heterocycles. The van der Waals surface area contributed by atoms with E-state index in [1.54, 1.807) is 18.2 Å². The van der Waals surface area contributed by atoms with Crippen molar-refractivity contribution in [2.45, 2.75) is 30.2 Å². The molecular formula is C13H20N2O2S. The van der Waals surface area contributed by atoms with Crippen molar-refractivity contribution in [1.29, 1.82) is 0 Å². The van der Waals surface area contributed by atoms with Crippen LogP contribution in [0.2, 0.25) is 0 Å². The number of hydrogen-bond acceptors (Lipinski definition) is 4. The number of sulfone groups is 1. The number of nitrogens with one attached hydrogen (secondary N) is 1. The molecule has 3 N–H and O–H groups in total. The summed E-state index contributed by atoms with van der Waals surface area (Å²) in [5.41, 5.74) is 6.61. The molecule has 1 aromatic carbocycles. The molecule has 0 bridgehead atoms. The molecule has 1 aromatic rings. The van der Waals surface area contributed by atoms with Gasteiger partial charge in [0.1, 0.15) is 0 Å². The topological polar surface area (TPSA) is 72.2 Å². The van der Waals surface area contributed by atoms with Crippen LogP contribution in [0.25, 0.3) is 0 Å². The van der Waals surface area contributed by atoms with Crippen LogP contribution in [0, 0.1) is 5.92 Å². The molecule has 1 fully saturated rings. The third kappa shape index (κ3) is 3.03. The Morgan fingerprint density at radius 1 is 1.39 bits per heavy atom. The van der Waals surface area contributed by atoms with Crippen molar-refractivity contribution in [3.8, 4) is 0 Å². The van der Waals surface area contributed by atoms with Gasteiger partial charge in [-0.15, -0.1) is 0 Å². The first-order valence-corrected chi connectivity index (χ1v) is 8.16. The summed E-state index contributed by atoms with van der Waals surface area (Å²) in [4.78, 5) is 0.356. The molecule has 2 atom stereocenters. The molecule has 0 spiro atoms. The molecule has 1 aliphatic rings. The lowest BCUT2D eigenvalue weighted by Gasteiger charge is -2.21. The van der Waals surface area contributed by atoms with Gasteiger partial charge in [-0.3, -0.25) is 0 Å². The van der Waals surface area contributed by atoms with Crippen molar-refractivity contribution in [3.63, 3.8) is 0 Å². The summed E-state index contributed by atoms with van der Waals surface area (Å²) in [6.45, 7) is 0.684. The molecule has 0 amide bonds. The summed E-state index contributed by atoms with van der Waals surface area (Å²) in [6, 6.07) is 7.35. The van der Waals surface area contributed by atoms with Crippen molar-refractivity contribution >= 4 is 15.5 Å². The number of benzene rings is 1. The number of rotatable bonds is 4. The monoisotopic (exact) mass is 268 g/mol. The van der Waals surface area contributed by atoms with Crippen LogP contribution < -0.4 is 11.1 Å². The van der Waals surface area contributed by atoms with Gasteiger partial charge in [0.2, 0.25) is 0 Å². The lowest BCUT2D eigenvalue weighted by atomic mass is 10.0. The van der Waals surface area contributed by atoms with E-state index in [2.05, 4.69) is 5.32 Å². The summed E-state index contributed by atoms with van der Waals surface area (Å²) in [5, 5.41) is 3.41. The van der Waals surface area contributed by atoms with Crippen LogP contribution in [0.1, 0.15) is 19.3 Å². The van der Waals surface area contributed by atoms with Crippen molar-refractivity contribution in [1.82, 2.24) is 0 Å². The summed E-state index contributed by atoms with van der Waals surface area (Å²) >= 11 is 0. The predicted octanol–water partition coefficient (Wildman–Crippen LogP) is 1.63. The van der Waals surface area contributed by atoms with Crippen molar-refractivity contribution in [3.05, 3.63) is 24.3 Å². The van der Waals surface area contributed by atoms with Gasteiger partial charge in [-0.05, 0) is 43.5 Å². The Bertz CT molecular complexity index is 513. The van der Waals surface area contributed by atoms with Crippen LogP contribution in [0.4, 0.5) is 5.69 Å². The summed E-state index contributed by atoms with van der Waals surface area (Å²) in [6.07, 6.45) is 4.67. The van der Waals surface area contributed by atoms with Crippen LogP contribution in [0.3, 0.4) is 0 Å². The van der Waals surface area contributed by atoms with Gasteiger partial charge in [0.05, 0.1) is 4.90 Å². The van der Waals surface area contributed by atoms with E-state index in [1.165, 1.54) is 12.7 Å². The largest absolute Gasteiger partial charge is 0.382 e. The average molecular weight is 268 g/mol. The molecule has 2 unspecified atom stereocenters. The van der Waals surface area contributed by atoms with E-state index in [1.807, 2.05) is 6.07 Å². The zero-order valence-electron chi connectivity index (χ0n) is 10.6. The number of hydrogen-bond donors (Lipinski definition) is 2. The molecule has 0 radical (unpaired) electrons. The first kappa shape index (κ1) is 13.4. The van der Waals surface area contributed by atoms with E-state index >= 15 is 0 Å². The summed E-state index contributed by atoms with van der Waals surface area (Å²) < 4.78 is 23.0. The maximum Gasteiger partial charge on any atom is 0.175 e. The molecule has 1 saturated carbocycles. The molecule has 2 rings (SSSR count). The van der Waals surface area contributed by atoms with E-state index in [0.717, 1.165) is 18.5 Å². The summed E-state index contributed by atoms with van der Waals surface area (Å²) in [5.74, 6) is 0.492. The van der Waals surface area contributed by atoms with Gasteiger partial charge in [-0.2, -0.15) is 0 Å². The molecule has 100 valence electrons. The predicted molar refractivity (Wildman–Crippen MR) is 73.4 cm³/mol. The molecule has 0 aliphatic heterocycles. The molecule has 18 heavy (non-hydrogen) atoms. The molecule has 1 aliphatic carbocycles. The van der Waals surface area contributed by atoms with Crippen LogP contribution >= 0.6 is 0 Å². The molecule has 4 nitrogen and oxygen atoms in total. The molecular weight excluding hydrogens is 248 g/mol. The fraction of sp³-hybridized carbons (Fsp3) is 0.538. The van der Waals surface area contributed by atoms with Gasteiger partial charge in [0, 0.05) is 18.0 Å². The highest BCUT2D eigenvalue weighted by molar-refractivity contribution is 7.90. The smallest absolute Gasteiger partial charge is 0.175 e. The Kier molecular flexibility index (Phi) is 3.92. The first-order valence-electron chi connectivity index (χ1n) is 6.27. The maximum atomic E-state index is 11.5. The van der Waals surface area contributed by atoms with Gasteiger partial charge < -0.3 is 11.1 Å². The Morgan fingerprint density at radius 2 is 2.17 bits per heavy atom. The van der Waals surface area contributed by atoms with Crippen LogP contribution in [-0.2, 0) is 9.84 Å². The standard InChI is InChI=1S/C13H20N2O2S/c1-18(16,17)12-6-3-5-11(8-12)15-13-7-2-4-10(13)9-14/h3,5-6,8,10,13,15H,2,4,7,9,14H2,1H3. The highest BCUT2D eigenvalue weighted by Gasteiger charge is 2.25. The number of anilines is 1.